The van der Waals surface area contributed by atoms with Crippen LogP contribution in [0.2, 0.25) is 0 Å². The lowest BCUT2D eigenvalue weighted by atomic mass is 9.90. The van der Waals surface area contributed by atoms with E-state index in [2.05, 4.69) is 53.4 Å². The van der Waals surface area contributed by atoms with Crippen LogP contribution in [0.5, 0.6) is 0 Å². The van der Waals surface area contributed by atoms with Crippen LogP contribution in [0.15, 0.2) is 65.6 Å². The van der Waals surface area contributed by atoms with E-state index in [0.29, 0.717) is 28.3 Å². The highest BCUT2D eigenvalue weighted by Crippen LogP contribution is 2.36. The third-order valence-corrected chi connectivity index (χ3v) is 8.07. The van der Waals surface area contributed by atoms with E-state index >= 15 is 0 Å². The largest absolute Gasteiger partial charge is 0.383 e. The summed E-state index contributed by atoms with van der Waals surface area (Å²) in [6, 6.07) is 21.1. The lowest BCUT2D eigenvalue weighted by molar-refractivity contribution is -0.122. The summed E-state index contributed by atoms with van der Waals surface area (Å²) in [5.41, 5.74) is 3.35. The number of aromatic nitrogens is 1. The second-order valence-corrected chi connectivity index (χ2v) is 10.7. The number of para-hydroxylation sites is 1. The number of benzene rings is 2. The summed E-state index contributed by atoms with van der Waals surface area (Å²) < 4.78 is 5.73. The number of methoxy groups -OCH3 is 1. The first-order chi connectivity index (χ1) is 17.1. The maximum absolute atomic E-state index is 13.1. The third kappa shape index (κ3) is 5.42. The third-order valence-electron chi connectivity index (χ3n) is 6.69. The van der Waals surface area contributed by atoms with E-state index in [4.69, 9.17) is 21.9 Å². The summed E-state index contributed by atoms with van der Waals surface area (Å²) in [7, 11) is 1.63. The number of anilines is 1. The minimum Gasteiger partial charge on any atom is -0.383 e. The van der Waals surface area contributed by atoms with Crippen molar-refractivity contribution in [3.63, 3.8) is 0 Å². The molecule has 5 rings (SSSR count). The van der Waals surface area contributed by atoms with Crippen LogP contribution in [0.25, 0.3) is 17.0 Å². The van der Waals surface area contributed by atoms with Crippen LogP contribution in [0.4, 0.5) is 5.82 Å². The molecule has 180 valence electrons. The van der Waals surface area contributed by atoms with Crippen LogP contribution in [-0.2, 0) is 16.0 Å². The zero-order valence-corrected chi connectivity index (χ0v) is 21.5. The number of rotatable bonds is 7. The molecule has 5 nitrogen and oxygen atoms in total. The molecule has 0 bridgehead atoms. The van der Waals surface area contributed by atoms with Gasteiger partial charge in [0, 0.05) is 31.1 Å². The van der Waals surface area contributed by atoms with Crippen molar-refractivity contribution in [1.29, 1.82) is 0 Å². The molecule has 7 heteroatoms. The Morgan fingerprint density at radius 2 is 1.86 bits per heavy atom. The fourth-order valence-corrected chi connectivity index (χ4v) is 6.09. The fourth-order valence-electron chi connectivity index (χ4n) is 4.79. The lowest BCUT2D eigenvalue weighted by Crippen LogP contribution is -2.35. The molecule has 0 aliphatic carbocycles. The summed E-state index contributed by atoms with van der Waals surface area (Å²) in [6.07, 6.45) is 5.34. The molecule has 0 radical (unpaired) electrons. The van der Waals surface area contributed by atoms with Crippen LogP contribution >= 0.6 is 24.0 Å². The number of hydrogen-bond donors (Lipinski definition) is 0. The maximum Gasteiger partial charge on any atom is 0.266 e. The van der Waals surface area contributed by atoms with Gasteiger partial charge in [0.2, 0.25) is 0 Å². The molecule has 0 spiro atoms. The van der Waals surface area contributed by atoms with Gasteiger partial charge in [-0.15, -0.1) is 0 Å². The molecular weight excluding hydrogens is 474 g/mol. The first kappa shape index (κ1) is 24.0. The zero-order valence-electron chi connectivity index (χ0n) is 19.9. The van der Waals surface area contributed by atoms with Gasteiger partial charge in [0.25, 0.3) is 5.91 Å². The van der Waals surface area contributed by atoms with Crippen LogP contribution in [0.3, 0.4) is 0 Å². The van der Waals surface area contributed by atoms with Crippen LogP contribution in [0.1, 0.15) is 24.0 Å². The normalized spacial score (nSPS) is 18.3. The Hall–Kier alpha value is -2.74. The summed E-state index contributed by atoms with van der Waals surface area (Å²) in [4.78, 5) is 22.8. The van der Waals surface area contributed by atoms with Crippen molar-refractivity contribution in [2.45, 2.75) is 19.3 Å². The Labute approximate surface area is 216 Å². The molecule has 2 aromatic carbocycles. The molecule has 2 fully saturated rings. The van der Waals surface area contributed by atoms with Crippen LogP contribution < -0.4 is 4.90 Å². The number of piperidine rings is 1. The van der Waals surface area contributed by atoms with Gasteiger partial charge in [-0.3, -0.25) is 9.69 Å². The van der Waals surface area contributed by atoms with E-state index in [1.807, 2.05) is 18.2 Å². The minimum absolute atomic E-state index is 0.0577. The Balaban J connectivity index is 1.40. The van der Waals surface area contributed by atoms with Crippen molar-refractivity contribution >= 4 is 57.0 Å². The van der Waals surface area contributed by atoms with Gasteiger partial charge in [-0.2, -0.15) is 0 Å². The number of thioether (sulfide) groups is 1. The van der Waals surface area contributed by atoms with E-state index in [-0.39, 0.29) is 5.91 Å². The predicted molar refractivity (Wildman–Crippen MR) is 149 cm³/mol. The first-order valence-electron chi connectivity index (χ1n) is 12.1. The molecule has 1 amide bonds. The average molecular weight is 504 g/mol. The molecule has 3 aromatic rings. The number of nitrogens with zero attached hydrogens (tertiary/aromatic N) is 3. The Morgan fingerprint density at radius 3 is 2.63 bits per heavy atom. The van der Waals surface area contributed by atoms with Gasteiger partial charge in [0.05, 0.1) is 23.6 Å². The van der Waals surface area contributed by atoms with Gasteiger partial charge in [-0.25, -0.2) is 4.98 Å². The molecule has 3 heterocycles. The predicted octanol–water partition coefficient (Wildman–Crippen LogP) is 5.54. The summed E-state index contributed by atoms with van der Waals surface area (Å²) in [6.45, 7) is 2.84. The Morgan fingerprint density at radius 1 is 1.11 bits per heavy atom. The Kier molecular flexibility index (Phi) is 7.46. The van der Waals surface area contributed by atoms with E-state index < -0.39 is 0 Å². The molecule has 0 unspecified atom stereocenters. The van der Waals surface area contributed by atoms with Gasteiger partial charge in [-0.05, 0) is 49.0 Å². The highest BCUT2D eigenvalue weighted by molar-refractivity contribution is 8.26. The summed E-state index contributed by atoms with van der Waals surface area (Å²) >= 11 is 6.83. The quantitative estimate of drug-likeness (QED) is 0.312. The van der Waals surface area contributed by atoms with E-state index in [1.165, 1.54) is 17.3 Å². The summed E-state index contributed by atoms with van der Waals surface area (Å²) in [5, 5.41) is 1.07. The van der Waals surface area contributed by atoms with Gasteiger partial charge in [-0.1, -0.05) is 72.5 Å². The van der Waals surface area contributed by atoms with Crippen LogP contribution in [0, 0.1) is 5.92 Å². The molecule has 2 aliphatic rings. The van der Waals surface area contributed by atoms with Gasteiger partial charge < -0.3 is 9.64 Å². The smallest absolute Gasteiger partial charge is 0.266 e. The monoisotopic (exact) mass is 503 g/mol. The number of amides is 1. The molecular formula is C28H29N3O2S2. The lowest BCUT2D eigenvalue weighted by Gasteiger charge is -2.34. The SMILES string of the molecule is COCCN1C(=O)/C(=C/c2cc3ccccc3nc2N2CCC(Cc3ccccc3)CC2)SC1=S. The van der Waals surface area contributed by atoms with Gasteiger partial charge >= 0.3 is 0 Å². The standard InChI is InChI=1S/C28H29N3O2S2/c1-33-16-15-31-27(32)25(35-28(31)34)19-23-18-22-9-5-6-10-24(22)29-26(23)30-13-11-21(12-14-30)17-20-7-3-2-4-8-20/h2-10,18-19,21H,11-17H2,1H3/b25-19-. The van der Waals surface area contributed by atoms with Crippen molar-refractivity contribution in [3.05, 3.63) is 76.7 Å². The number of pyridine rings is 1. The van der Waals surface area contributed by atoms with Crippen molar-refractivity contribution in [1.82, 2.24) is 9.88 Å². The molecule has 0 atom stereocenters. The Bertz CT molecular complexity index is 1250. The number of hydrogen-bond acceptors (Lipinski definition) is 6. The second kappa shape index (κ2) is 10.9. The van der Waals surface area contributed by atoms with Gasteiger partial charge in [0.15, 0.2) is 0 Å². The van der Waals surface area contributed by atoms with Crippen molar-refractivity contribution in [2.24, 2.45) is 5.92 Å². The van der Waals surface area contributed by atoms with Gasteiger partial charge in [0.1, 0.15) is 10.1 Å². The number of carbonyl (C=O) groups excluding carboxylic acids is 1. The average Bonchev–Trinajstić information content (AvgIpc) is 3.15. The zero-order chi connectivity index (χ0) is 24.2. The minimum atomic E-state index is -0.0577. The number of ether oxygens (including phenoxy) is 1. The molecule has 2 saturated heterocycles. The van der Waals surface area contributed by atoms with Crippen molar-refractivity contribution < 1.29 is 9.53 Å². The first-order valence-corrected chi connectivity index (χ1v) is 13.3. The molecule has 35 heavy (non-hydrogen) atoms. The molecule has 0 saturated carbocycles. The topological polar surface area (TPSA) is 45.7 Å². The molecule has 1 aromatic heterocycles. The van der Waals surface area contributed by atoms with Crippen LogP contribution in [-0.4, -0.2) is 53.5 Å². The van der Waals surface area contributed by atoms with E-state index in [1.54, 1.807) is 12.0 Å². The van der Waals surface area contributed by atoms with Crippen molar-refractivity contribution in [2.75, 3.05) is 38.3 Å². The second-order valence-electron chi connectivity index (χ2n) is 9.04. The molecule has 2 aliphatic heterocycles. The number of fused-ring (bicyclic) bond motifs is 1. The highest BCUT2D eigenvalue weighted by Gasteiger charge is 2.32. The molecule has 0 N–H and O–H groups in total. The maximum atomic E-state index is 13.1. The van der Waals surface area contributed by atoms with E-state index in [9.17, 15) is 4.79 Å². The van der Waals surface area contributed by atoms with Crippen molar-refractivity contribution in [3.8, 4) is 0 Å². The highest BCUT2D eigenvalue weighted by atomic mass is 32.2. The fraction of sp³-hybridized carbons (Fsp3) is 0.321. The number of thiocarbonyl (C=S) groups is 1. The van der Waals surface area contributed by atoms with E-state index in [0.717, 1.165) is 54.6 Å². The summed E-state index contributed by atoms with van der Waals surface area (Å²) in [5.74, 6) is 1.57. The number of carbonyl (C=O) groups is 1.